The van der Waals surface area contributed by atoms with Crippen LogP contribution >= 0.6 is 0 Å². The number of aliphatic hydroxyl groups excluding tert-OH is 1. The van der Waals surface area contributed by atoms with Crippen LogP contribution in [0.4, 0.5) is 0 Å². The van der Waals surface area contributed by atoms with Crippen molar-refractivity contribution >= 4 is 0 Å². The van der Waals surface area contributed by atoms with Crippen molar-refractivity contribution in [1.82, 2.24) is 5.32 Å². The van der Waals surface area contributed by atoms with Gasteiger partial charge in [-0.15, -0.1) is 0 Å². The van der Waals surface area contributed by atoms with E-state index in [9.17, 15) is 5.11 Å². The summed E-state index contributed by atoms with van der Waals surface area (Å²) in [6.45, 7) is 1.93. The van der Waals surface area contributed by atoms with Gasteiger partial charge in [-0.05, 0) is 55.8 Å². The maximum absolute atomic E-state index is 9.94. The van der Waals surface area contributed by atoms with Gasteiger partial charge < -0.3 is 15.2 Å². The van der Waals surface area contributed by atoms with Crippen LogP contribution in [-0.4, -0.2) is 37.5 Å². The summed E-state index contributed by atoms with van der Waals surface area (Å²) in [4.78, 5) is 0. The van der Waals surface area contributed by atoms with Crippen LogP contribution in [0.25, 0.3) is 0 Å². The largest absolute Gasteiger partial charge is 0.394 e. The number of hydrogen-bond acceptors (Lipinski definition) is 3. The van der Waals surface area contributed by atoms with Gasteiger partial charge in [0.05, 0.1) is 13.2 Å². The molecule has 0 spiro atoms. The fraction of sp³-hybridized carbons (Fsp3) is 1.00. The summed E-state index contributed by atoms with van der Waals surface area (Å²) >= 11 is 0. The molecule has 4 aliphatic carbocycles. The molecule has 3 nitrogen and oxygen atoms in total. The molecule has 98 valence electrons. The van der Waals surface area contributed by atoms with Gasteiger partial charge in [0.2, 0.25) is 0 Å². The van der Waals surface area contributed by atoms with Crippen LogP contribution in [0.1, 0.15) is 32.1 Å². The minimum absolute atomic E-state index is 0.0198. The highest BCUT2D eigenvalue weighted by molar-refractivity contribution is 5.10. The Balaban J connectivity index is 1.74. The van der Waals surface area contributed by atoms with Crippen molar-refractivity contribution in [3.05, 3.63) is 0 Å². The number of aliphatic hydroxyl groups is 1. The third-order valence-electron chi connectivity index (χ3n) is 5.62. The van der Waals surface area contributed by atoms with Gasteiger partial charge in [-0.1, -0.05) is 0 Å². The van der Waals surface area contributed by atoms with Crippen molar-refractivity contribution in [2.45, 2.75) is 37.6 Å². The van der Waals surface area contributed by atoms with Gasteiger partial charge in [0.15, 0.2) is 0 Å². The Morgan fingerprint density at radius 2 is 1.71 bits per heavy atom. The molecule has 0 radical (unpaired) electrons. The van der Waals surface area contributed by atoms with E-state index in [0.29, 0.717) is 18.4 Å². The minimum Gasteiger partial charge on any atom is -0.394 e. The van der Waals surface area contributed by atoms with Crippen LogP contribution in [0.15, 0.2) is 0 Å². The smallest absolute Gasteiger partial charge is 0.0618 e. The lowest BCUT2D eigenvalue weighted by molar-refractivity contribution is -0.0963. The first kappa shape index (κ1) is 11.9. The average molecular weight is 239 g/mol. The molecule has 0 heterocycles. The third kappa shape index (κ3) is 1.83. The lowest BCUT2D eigenvalue weighted by atomic mass is 9.48. The molecule has 4 saturated carbocycles. The molecule has 4 bridgehead atoms. The Bertz CT molecular complexity index is 251. The van der Waals surface area contributed by atoms with Gasteiger partial charge in [-0.2, -0.15) is 0 Å². The van der Waals surface area contributed by atoms with Crippen molar-refractivity contribution in [3.8, 4) is 0 Å². The summed E-state index contributed by atoms with van der Waals surface area (Å²) in [6.07, 6.45) is 6.83. The lowest BCUT2D eigenvalue weighted by Crippen LogP contribution is -2.67. The molecule has 0 aromatic heterocycles. The van der Waals surface area contributed by atoms with E-state index < -0.39 is 0 Å². The van der Waals surface area contributed by atoms with Crippen LogP contribution < -0.4 is 5.32 Å². The highest BCUT2D eigenvalue weighted by Crippen LogP contribution is 2.58. The maximum Gasteiger partial charge on any atom is 0.0618 e. The lowest BCUT2D eigenvalue weighted by Gasteiger charge is -2.61. The fourth-order valence-electron chi connectivity index (χ4n) is 5.01. The first-order chi connectivity index (χ1) is 8.28. The zero-order valence-corrected chi connectivity index (χ0v) is 10.8. The summed E-state index contributed by atoms with van der Waals surface area (Å²) in [6, 6.07) is 0. The normalized spacial score (nSPS) is 47.6. The Labute approximate surface area is 104 Å². The first-order valence-electron chi connectivity index (χ1n) is 7.13. The minimum atomic E-state index is 0.0198. The predicted molar refractivity (Wildman–Crippen MR) is 66.7 cm³/mol. The monoisotopic (exact) mass is 239 g/mol. The first-order valence-corrected chi connectivity index (χ1v) is 7.13. The number of nitrogens with one attached hydrogen (secondary N) is 1. The number of rotatable bonds is 5. The van der Waals surface area contributed by atoms with Crippen LogP contribution in [0.2, 0.25) is 0 Å². The summed E-state index contributed by atoms with van der Waals surface area (Å²) in [5, 5.41) is 13.6. The fourth-order valence-corrected chi connectivity index (χ4v) is 5.01. The van der Waals surface area contributed by atoms with Gasteiger partial charge >= 0.3 is 0 Å². The van der Waals surface area contributed by atoms with Crippen LogP contribution in [-0.2, 0) is 4.74 Å². The van der Waals surface area contributed by atoms with Crippen LogP contribution in [0.5, 0.6) is 0 Å². The molecular formula is C14H25NO2. The molecular weight excluding hydrogens is 214 g/mol. The second-order valence-corrected chi connectivity index (χ2v) is 6.42. The predicted octanol–water partition coefficient (Wildman–Crippen LogP) is 1.41. The Kier molecular flexibility index (Phi) is 3.18. The average Bonchev–Trinajstić information content (AvgIpc) is 2.32. The van der Waals surface area contributed by atoms with E-state index >= 15 is 0 Å². The topological polar surface area (TPSA) is 41.5 Å². The van der Waals surface area contributed by atoms with Gasteiger partial charge in [0.1, 0.15) is 0 Å². The molecule has 3 heteroatoms. The van der Waals surface area contributed by atoms with Gasteiger partial charge in [0.25, 0.3) is 0 Å². The molecule has 0 aromatic rings. The number of hydrogen-bond donors (Lipinski definition) is 2. The SMILES string of the molecule is COCCNC1(CO)C2CC3CC(C2)CC1C3. The van der Waals surface area contributed by atoms with E-state index in [-0.39, 0.29) is 5.54 Å². The second-order valence-electron chi connectivity index (χ2n) is 6.42. The standard InChI is InChI=1S/C14H25NO2/c1-17-3-2-15-14(9-16)12-5-10-4-11(7-12)8-13(14)6-10/h10-13,15-16H,2-9H2,1H3. The van der Waals surface area contributed by atoms with E-state index in [2.05, 4.69) is 5.32 Å². The van der Waals surface area contributed by atoms with Crippen molar-refractivity contribution in [2.24, 2.45) is 23.7 Å². The Morgan fingerprint density at radius 3 is 2.18 bits per heavy atom. The highest BCUT2D eigenvalue weighted by Gasteiger charge is 2.56. The van der Waals surface area contributed by atoms with Gasteiger partial charge in [-0.3, -0.25) is 0 Å². The zero-order valence-electron chi connectivity index (χ0n) is 10.8. The van der Waals surface area contributed by atoms with Crippen molar-refractivity contribution in [1.29, 1.82) is 0 Å². The van der Waals surface area contributed by atoms with Crippen molar-refractivity contribution in [2.75, 3.05) is 26.9 Å². The molecule has 0 amide bonds. The Hall–Kier alpha value is -0.120. The molecule has 4 rings (SSSR count). The molecule has 0 saturated heterocycles. The summed E-state index contributed by atoms with van der Waals surface area (Å²) in [7, 11) is 1.74. The highest BCUT2D eigenvalue weighted by atomic mass is 16.5. The summed E-state index contributed by atoms with van der Waals surface area (Å²) in [5.41, 5.74) is 0.0198. The molecule has 0 aromatic carbocycles. The summed E-state index contributed by atoms with van der Waals surface area (Å²) < 4.78 is 5.13. The number of methoxy groups -OCH3 is 1. The molecule has 4 aliphatic rings. The maximum atomic E-state index is 9.94. The number of ether oxygens (including phenoxy) is 1. The Morgan fingerprint density at radius 1 is 1.12 bits per heavy atom. The van der Waals surface area contributed by atoms with Crippen LogP contribution in [0.3, 0.4) is 0 Å². The van der Waals surface area contributed by atoms with E-state index in [1.165, 1.54) is 32.1 Å². The van der Waals surface area contributed by atoms with E-state index in [1.807, 2.05) is 0 Å². The van der Waals surface area contributed by atoms with Gasteiger partial charge in [-0.25, -0.2) is 0 Å². The molecule has 0 unspecified atom stereocenters. The second kappa shape index (κ2) is 4.52. The molecule has 4 fully saturated rings. The van der Waals surface area contributed by atoms with Gasteiger partial charge in [0, 0.05) is 19.2 Å². The van der Waals surface area contributed by atoms with E-state index in [4.69, 9.17) is 4.74 Å². The van der Waals surface area contributed by atoms with Crippen LogP contribution in [0, 0.1) is 23.7 Å². The quantitative estimate of drug-likeness (QED) is 0.713. The summed E-state index contributed by atoms with van der Waals surface area (Å²) in [5.74, 6) is 3.34. The zero-order chi connectivity index (χ0) is 11.9. The third-order valence-corrected chi connectivity index (χ3v) is 5.62. The van der Waals surface area contributed by atoms with Crippen molar-refractivity contribution in [3.63, 3.8) is 0 Å². The van der Waals surface area contributed by atoms with E-state index in [1.54, 1.807) is 7.11 Å². The molecule has 0 aliphatic heterocycles. The van der Waals surface area contributed by atoms with E-state index in [0.717, 1.165) is 25.0 Å². The molecule has 2 N–H and O–H groups in total. The molecule has 17 heavy (non-hydrogen) atoms. The van der Waals surface area contributed by atoms with Crippen molar-refractivity contribution < 1.29 is 9.84 Å². The molecule has 0 atom stereocenters.